The fraction of sp³-hybridized carbons (Fsp3) is 0.353. The normalized spacial score (nSPS) is 21.2. The molecule has 2 aromatic rings. The smallest absolute Gasteiger partial charge is 0.401 e. The second-order valence-electron chi connectivity index (χ2n) is 6.26. The third-order valence-corrected chi connectivity index (χ3v) is 4.35. The zero-order chi connectivity index (χ0) is 18.4. The molecule has 1 aromatic carbocycles. The van der Waals surface area contributed by atoms with Gasteiger partial charge in [-0.1, -0.05) is 11.5 Å². The number of alkyl halides is 3. The van der Waals surface area contributed by atoms with Crippen molar-refractivity contribution < 1.29 is 22.7 Å². The predicted octanol–water partition coefficient (Wildman–Crippen LogP) is 2.62. The first kappa shape index (κ1) is 17.7. The van der Waals surface area contributed by atoms with E-state index in [0.29, 0.717) is 17.5 Å². The van der Waals surface area contributed by atoms with Crippen molar-refractivity contribution in [2.45, 2.75) is 31.6 Å². The van der Waals surface area contributed by atoms with Crippen LogP contribution in [0.1, 0.15) is 29.8 Å². The Labute approximate surface area is 143 Å². The first-order valence-corrected chi connectivity index (χ1v) is 7.71. The number of nitrogens with zero attached hydrogens (tertiary/aromatic N) is 2. The summed E-state index contributed by atoms with van der Waals surface area (Å²) in [6.07, 6.45) is -2.90. The van der Waals surface area contributed by atoms with Gasteiger partial charge in [-0.3, -0.25) is 9.88 Å². The summed E-state index contributed by atoms with van der Waals surface area (Å²) in [5.41, 5.74) is 1.15. The Kier molecular flexibility index (Phi) is 4.49. The number of halogens is 4. The van der Waals surface area contributed by atoms with Gasteiger partial charge in [-0.05, 0) is 42.7 Å². The highest BCUT2D eigenvalue weighted by Gasteiger charge is 2.42. The Morgan fingerprint density at radius 2 is 2.04 bits per heavy atom. The zero-order valence-electron chi connectivity index (χ0n) is 13.4. The number of hydrogen-bond donors (Lipinski definition) is 1. The lowest BCUT2D eigenvalue weighted by Crippen LogP contribution is -2.47. The van der Waals surface area contributed by atoms with Crippen LogP contribution in [0.3, 0.4) is 0 Å². The Balaban J connectivity index is 2.16. The van der Waals surface area contributed by atoms with E-state index in [-0.39, 0.29) is 16.9 Å². The molecular weight excluding hydrogens is 335 g/mol. The number of hydrogen-bond acceptors (Lipinski definition) is 3. The fourth-order valence-electron chi connectivity index (χ4n) is 3.33. The summed E-state index contributed by atoms with van der Waals surface area (Å²) in [7, 11) is 5.51. The molecule has 0 unspecified atom stereocenters. The first-order chi connectivity index (χ1) is 11.7. The van der Waals surface area contributed by atoms with Gasteiger partial charge in [-0.15, -0.1) is 0 Å². The van der Waals surface area contributed by atoms with E-state index in [0.717, 1.165) is 6.07 Å². The van der Waals surface area contributed by atoms with Crippen LogP contribution in [-0.2, 0) is 6.42 Å². The van der Waals surface area contributed by atoms with Crippen LogP contribution in [0.4, 0.5) is 17.6 Å². The predicted molar refractivity (Wildman–Crippen MR) is 85.5 cm³/mol. The molecule has 130 valence electrons. The summed E-state index contributed by atoms with van der Waals surface area (Å²) >= 11 is 0. The summed E-state index contributed by atoms with van der Waals surface area (Å²) in [6, 6.07) is 3.92. The highest BCUT2D eigenvalue weighted by atomic mass is 19.4. The second kappa shape index (κ2) is 6.33. The van der Waals surface area contributed by atoms with E-state index in [9.17, 15) is 22.7 Å². The van der Waals surface area contributed by atoms with E-state index in [4.69, 9.17) is 7.85 Å². The van der Waals surface area contributed by atoms with Crippen molar-refractivity contribution in [1.29, 1.82) is 0 Å². The van der Waals surface area contributed by atoms with Crippen LogP contribution in [0, 0.1) is 5.82 Å². The van der Waals surface area contributed by atoms with E-state index < -0.39 is 30.6 Å². The highest BCUT2D eigenvalue weighted by Crippen LogP contribution is 2.40. The van der Waals surface area contributed by atoms with E-state index in [2.05, 4.69) is 4.98 Å². The summed E-state index contributed by atoms with van der Waals surface area (Å²) < 4.78 is 53.7. The van der Waals surface area contributed by atoms with Gasteiger partial charge in [-0.2, -0.15) is 13.2 Å². The lowest BCUT2D eigenvalue weighted by Gasteiger charge is -2.42. The van der Waals surface area contributed by atoms with E-state index in [1.165, 1.54) is 29.3 Å². The largest absolute Gasteiger partial charge is 0.508 e. The van der Waals surface area contributed by atoms with Crippen LogP contribution in [0.15, 0.2) is 30.5 Å². The molecule has 0 saturated carbocycles. The van der Waals surface area contributed by atoms with Crippen LogP contribution >= 0.6 is 0 Å². The number of phenolic OH excluding ortho intramolecular Hbond substituents is 1. The standard InChI is InChI=1S/C17H15BF4N2O/c1-9-4-10-5-12(25)2-3-13(10)16(24(9)8-17(20,21)22)15-14(19)6-11(18)7-23-15/h2-3,5-7,9,16,25H,4,8H2,1H3/t9-,16+/m1/s1. The maximum atomic E-state index is 14.4. The second-order valence-corrected chi connectivity index (χ2v) is 6.26. The Hall–Kier alpha value is -2.09. The molecule has 0 bridgehead atoms. The molecule has 3 nitrogen and oxygen atoms in total. The van der Waals surface area contributed by atoms with Gasteiger partial charge in [0.25, 0.3) is 0 Å². The van der Waals surface area contributed by atoms with Gasteiger partial charge in [0.05, 0.1) is 18.3 Å². The quantitative estimate of drug-likeness (QED) is 0.668. The van der Waals surface area contributed by atoms with Crippen LogP contribution in [0.25, 0.3) is 0 Å². The molecule has 0 aliphatic carbocycles. The third kappa shape index (κ3) is 3.63. The molecule has 3 rings (SSSR count). The number of fused-ring (bicyclic) bond motifs is 1. The topological polar surface area (TPSA) is 36.4 Å². The summed E-state index contributed by atoms with van der Waals surface area (Å²) in [6.45, 7) is 0.450. The van der Waals surface area contributed by atoms with Crippen molar-refractivity contribution in [2.75, 3.05) is 6.54 Å². The first-order valence-electron chi connectivity index (χ1n) is 7.71. The summed E-state index contributed by atoms with van der Waals surface area (Å²) in [5.74, 6) is -0.745. The van der Waals surface area contributed by atoms with Crippen molar-refractivity contribution in [2.24, 2.45) is 0 Å². The van der Waals surface area contributed by atoms with Gasteiger partial charge in [0.2, 0.25) is 0 Å². The van der Waals surface area contributed by atoms with Gasteiger partial charge in [-0.25, -0.2) is 4.39 Å². The molecule has 1 N–H and O–H groups in total. The van der Waals surface area contributed by atoms with Gasteiger partial charge in [0.1, 0.15) is 19.4 Å². The van der Waals surface area contributed by atoms with Crippen molar-refractivity contribution in [3.8, 4) is 5.75 Å². The maximum Gasteiger partial charge on any atom is 0.401 e. The summed E-state index contributed by atoms with van der Waals surface area (Å²) in [5, 5.41) is 9.67. The minimum Gasteiger partial charge on any atom is -0.508 e. The minimum absolute atomic E-state index is 0.0136. The molecular formula is C17H15BF4N2O. The molecule has 25 heavy (non-hydrogen) atoms. The molecule has 1 aliphatic heterocycles. The van der Waals surface area contributed by atoms with Crippen molar-refractivity contribution in [1.82, 2.24) is 9.88 Å². The molecule has 0 saturated heterocycles. The van der Waals surface area contributed by atoms with Crippen molar-refractivity contribution in [3.63, 3.8) is 0 Å². The lowest BCUT2D eigenvalue weighted by molar-refractivity contribution is -0.155. The van der Waals surface area contributed by atoms with Crippen molar-refractivity contribution >= 4 is 13.3 Å². The molecule has 0 spiro atoms. The number of pyridine rings is 1. The van der Waals surface area contributed by atoms with Gasteiger partial charge in [0, 0.05) is 12.2 Å². The van der Waals surface area contributed by atoms with Crippen LogP contribution in [0.5, 0.6) is 5.75 Å². The Morgan fingerprint density at radius 1 is 1.32 bits per heavy atom. The number of phenols is 1. The molecule has 8 heteroatoms. The van der Waals surface area contributed by atoms with E-state index >= 15 is 0 Å². The fourth-order valence-corrected chi connectivity index (χ4v) is 3.33. The van der Waals surface area contributed by atoms with E-state index in [1.807, 2.05) is 0 Å². The maximum absolute atomic E-state index is 14.4. The zero-order valence-corrected chi connectivity index (χ0v) is 13.4. The average Bonchev–Trinajstić information content (AvgIpc) is 2.48. The molecule has 2 atom stereocenters. The number of aromatic nitrogens is 1. The minimum atomic E-state index is -4.44. The van der Waals surface area contributed by atoms with Crippen LogP contribution < -0.4 is 5.46 Å². The van der Waals surface area contributed by atoms with Gasteiger partial charge < -0.3 is 5.11 Å². The molecule has 0 amide bonds. The Morgan fingerprint density at radius 3 is 2.68 bits per heavy atom. The summed E-state index contributed by atoms with van der Waals surface area (Å²) in [4.78, 5) is 5.15. The van der Waals surface area contributed by atoms with E-state index in [1.54, 1.807) is 6.92 Å². The molecule has 2 radical (unpaired) electrons. The number of benzene rings is 1. The molecule has 1 aliphatic rings. The SMILES string of the molecule is [B]c1cnc([C@@H]2c3ccc(O)cc3C[C@@H](C)N2CC(F)(F)F)c(F)c1. The van der Waals surface area contributed by atoms with Crippen LogP contribution in [-0.4, -0.2) is 41.6 Å². The molecule has 1 aromatic heterocycles. The average molecular weight is 350 g/mol. The lowest BCUT2D eigenvalue weighted by atomic mass is 9.86. The highest BCUT2D eigenvalue weighted by molar-refractivity contribution is 6.32. The van der Waals surface area contributed by atoms with Gasteiger partial charge in [0.15, 0.2) is 0 Å². The van der Waals surface area contributed by atoms with Gasteiger partial charge >= 0.3 is 6.18 Å². The van der Waals surface area contributed by atoms with Crippen molar-refractivity contribution in [3.05, 3.63) is 53.1 Å². The number of rotatable bonds is 2. The number of aromatic hydroxyl groups is 1. The van der Waals surface area contributed by atoms with Crippen LogP contribution in [0.2, 0.25) is 0 Å². The third-order valence-electron chi connectivity index (χ3n) is 4.35. The Bertz CT molecular complexity index is 797. The molecule has 0 fully saturated rings. The molecule has 2 heterocycles. The monoisotopic (exact) mass is 350 g/mol.